The van der Waals surface area contributed by atoms with E-state index in [2.05, 4.69) is 5.16 Å². The molecule has 0 aliphatic carbocycles. The molecule has 0 aliphatic rings. The van der Waals surface area contributed by atoms with Crippen molar-refractivity contribution in [3.8, 4) is 0 Å². The molecule has 0 aliphatic heterocycles. The van der Waals surface area contributed by atoms with Crippen LogP contribution in [0.25, 0.3) is 0 Å². The van der Waals surface area contributed by atoms with Crippen molar-refractivity contribution >= 4 is 11.5 Å². The number of methoxy groups -OCH3 is 1. The molecule has 0 amide bonds. The molecule has 1 rings (SSSR count). The quantitative estimate of drug-likeness (QED) is 0.351. The van der Waals surface area contributed by atoms with Gasteiger partial charge < -0.3 is 15.3 Å². The fourth-order valence-electron chi connectivity index (χ4n) is 1.46. The highest BCUT2D eigenvalue weighted by Crippen LogP contribution is 2.21. The molecule has 0 saturated heterocycles. The highest BCUT2D eigenvalue weighted by Gasteiger charge is 2.13. The van der Waals surface area contributed by atoms with Crippen LogP contribution in [0.2, 0.25) is 0 Å². The minimum atomic E-state index is -0.422. The number of nitro benzene ring substituents is 1. The highest BCUT2D eigenvalue weighted by molar-refractivity contribution is 5.79. The number of oxime groups is 1. The van der Waals surface area contributed by atoms with Gasteiger partial charge in [0.1, 0.15) is 12.4 Å². The van der Waals surface area contributed by atoms with Crippen LogP contribution < -0.4 is 5.73 Å². The van der Waals surface area contributed by atoms with Gasteiger partial charge in [-0.15, -0.1) is 0 Å². The minimum absolute atomic E-state index is 0.0671. The highest BCUT2D eigenvalue weighted by atomic mass is 16.6. The maximum Gasteiger partial charge on any atom is 0.272 e. The molecule has 7 heteroatoms. The van der Waals surface area contributed by atoms with Gasteiger partial charge in [-0.2, -0.15) is 0 Å². The van der Waals surface area contributed by atoms with Crippen LogP contribution in [-0.2, 0) is 16.2 Å². The topological polar surface area (TPSA) is 100.0 Å². The molecule has 0 bridgehead atoms. The lowest BCUT2D eigenvalue weighted by molar-refractivity contribution is -0.385. The maximum absolute atomic E-state index is 10.8. The molecule has 0 saturated carbocycles. The second-order valence-corrected chi connectivity index (χ2v) is 3.92. The monoisotopic (exact) mass is 267 g/mol. The molecule has 0 aromatic heterocycles. The summed E-state index contributed by atoms with van der Waals surface area (Å²) in [5.74, 6) is 0.324. The molecule has 19 heavy (non-hydrogen) atoms. The zero-order valence-corrected chi connectivity index (χ0v) is 11.0. The van der Waals surface area contributed by atoms with E-state index < -0.39 is 4.92 Å². The number of nitrogens with zero attached hydrogens (tertiary/aromatic N) is 2. The second-order valence-electron chi connectivity index (χ2n) is 3.92. The molecule has 1 aromatic carbocycles. The zero-order chi connectivity index (χ0) is 14.3. The van der Waals surface area contributed by atoms with Gasteiger partial charge in [-0.3, -0.25) is 10.1 Å². The Morgan fingerprint density at radius 2 is 2.26 bits per heavy atom. The van der Waals surface area contributed by atoms with E-state index in [1.807, 2.05) is 0 Å². The average molecular weight is 267 g/mol. The van der Waals surface area contributed by atoms with Gasteiger partial charge in [0.25, 0.3) is 5.69 Å². The molecule has 0 radical (unpaired) electrons. The van der Waals surface area contributed by atoms with Crippen molar-refractivity contribution < 1.29 is 14.5 Å². The third-order valence-electron chi connectivity index (χ3n) is 2.58. The number of amidine groups is 1. The van der Waals surface area contributed by atoms with Crippen LogP contribution in [0.1, 0.15) is 17.5 Å². The summed E-state index contributed by atoms with van der Waals surface area (Å²) < 4.78 is 4.85. The standard InChI is InChI=1S/C12H17N3O4/c1-9-10(4-3-5-11(9)15(16)17)8-19-14-12(13)6-7-18-2/h3-5H,6-8H2,1-2H3,(H2,13,14). The van der Waals surface area contributed by atoms with Gasteiger partial charge in [0, 0.05) is 30.7 Å². The molecule has 1 aromatic rings. The number of hydrogen-bond donors (Lipinski definition) is 1. The van der Waals surface area contributed by atoms with Gasteiger partial charge in [-0.05, 0) is 6.92 Å². The summed E-state index contributed by atoms with van der Waals surface area (Å²) in [6.45, 7) is 2.28. The molecule has 0 atom stereocenters. The number of nitro groups is 1. The third-order valence-corrected chi connectivity index (χ3v) is 2.58. The number of benzene rings is 1. The molecule has 104 valence electrons. The first-order valence-electron chi connectivity index (χ1n) is 5.72. The van der Waals surface area contributed by atoms with E-state index in [0.717, 1.165) is 0 Å². The van der Waals surface area contributed by atoms with Crippen LogP contribution in [0.5, 0.6) is 0 Å². The molecular weight excluding hydrogens is 250 g/mol. The van der Waals surface area contributed by atoms with Crippen molar-refractivity contribution in [3.05, 3.63) is 39.4 Å². The molecule has 0 fully saturated rings. The number of nitrogens with two attached hydrogens (primary N) is 1. The van der Waals surface area contributed by atoms with Crippen molar-refractivity contribution in [2.24, 2.45) is 10.9 Å². The SMILES string of the molecule is COCC/C(N)=N/OCc1cccc([N+](=O)[O-])c1C. The summed E-state index contributed by atoms with van der Waals surface area (Å²) in [4.78, 5) is 15.4. The van der Waals surface area contributed by atoms with E-state index in [0.29, 0.717) is 30.0 Å². The van der Waals surface area contributed by atoms with Gasteiger partial charge >= 0.3 is 0 Å². The first-order chi connectivity index (χ1) is 9.06. The minimum Gasteiger partial charge on any atom is -0.389 e. The second kappa shape index (κ2) is 7.32. The lowest BCUT2D eigenvalue weighted by Crippen LogP contribution is -2.14. The molecular formula is C12H17N3O4. The van der Waals surface area contributed by atoms with Crippen molar-refractivity contribution in [2.75, 3.05) is 13.7 Å². The Bertz CT molecular complexity index is 474. The van der Waals surface area contributed by atoms with Gasteiger partial charge in [0.2, 0.25) is 0 Å². The number of ether oxygens (including phenoxy) is 1. The normalized spacial score (nSPS) is 11.4. The Hall–Kier alpha value is -2.15. The fraction of sp³-hybridized carbons (Fsp3) is 0.417. The first kappa shape index (κ1) is 14.9. The predicted octanol–water partition coefficient (Wildman–Crippen LogP) is 1.73. The van der Waals surface area contributed by atoms with Gasteiger partial charge in [-0.1, -0.05) is 17.3 Å². The Kier molecular flexibility index (Phi) is 5.74. The number of rotatable bonds is 7. The van der Waals surface area contributed by atoms with Gasteiger partial charge in [0.15, 0.2) is 0 Å². The van der Waals surface area contributed by atoms with Crippen LogP contribution in [0.4, 0.5) is 5.69 Å². The van der Waals surface area contributed by atoms with Crippen molar-refractivity contribution in [2.45, 2.75) is 20.0 Å². The summed E-state index contributed by atoms with van der Waals surface area (Å²) in [5.41, 5.74) is 6.92. The first-order valence-corrected chi connectivity index (χ1v) is 5.72. The Balaban J connectivity index is 2.63. The van der Waals surface area contributed by atoms with E-state index in [9.17, 15) is 10.1 Å². The lowest BCUT2D eigenvalue weighted by Gasteiger charge is -2.05. The summed E-state index contributed by atoms with van der Waals surface area (Å²) in [6.07, 6.45) is 0.477. The lowest BCUT2D eigenvalue weighted by atomic mass is 10.1. The van der Waals surface area contributed by atoms with Gasteiger partial charge in [-0.25, -0.2) is 0 Å². The van der Waals surface area contributed by atoms with E-state index in [-0.39, 0.29) is 12.3 Å². The molecule has 0 unspecified atom stereocenters. The van der Waals surface area contributed by atoms with Crippen LogP contribution in [0.15, 0.2) is 23.4 Å². The molecule has 0 spiro atoms. The molecule has 7 nitrogen and oxygen atoms in total. The smallest absolute Gasteiger partial charge is 0.272 e. The Morgan fingerprint density at radius 3 is 2.89 bits per heavy atom. The van der Waals surface area contributed by atoms with Crippen LogP contribution in [-0.4, -0.2) is 24.5 Å². The zero-order valence-electron chi connectivity index (χ0n) is 11.0. The predicted molar refractivity (Wildman–Crippen MR) is 70.7 cm³/mol. The van der Waals surface area contributed by atoms with E-state index in [1.165, 1.54) is 6.07 Å². The fourth-order valence-corrected chi connectivity index (χ4v) is 1.46. The largest absolute Gasteiger partial charge is 0.389 e. The number of hydrogen-bond acceptors (Lipinski definition) is 5. The Labute approximate surface area is 111 Å². The summed E-state index contributed by atoms with van der Waals surface area (Å²) in [6, 6.07) is 4.82. The van der Waals surface area contributed by atoms with Crippen molar-refractivity contribution in [1.29, 1.82) is 0 Å². The van der Waals surface area contributed by atoms with Crippen molar-refractivity contribution in [1.82, 2.24) is 0 Å². The summed E-state index contributed by atoms with van der Waals surface area (Å²) >= 11 is 0. The van der Waals surface area contributed by atoms with Gasteiger partial charge in [0.05, 0.1) is 11.5 Å². The maximum atomic E-state index is 10.8. The average Bonchev–Trinajstić information content (AvgIpc) is 2.38. The van der Waals surface area contributed by atoms with Crippen LogP contribution in [0.3, 0.4) is 0 Å². The Morgan fingerprint density at radius 1 is 1.53 bits per heavy atom. The third kappa shape index (κ3) is 4.55. The molecule has 2 N–H and O–H groups in total. The molecule has 0 heterocycles. The van der Waals surface area contributed by atoms with Crippen LogP contribution >= 0.6 is 0 Å². The van der Waals surface area contributed by atoms with Crippen LogP contribution in [0, 0.1) is 17.0 Å². The summed E-state index contributed by atoms with van der Waals surface area (Å²) in [7, 11) is 1.57. The van der Waals surface area contributed by atoms with E-state index in [4.69, 9.17) is 15.3 Å². The van der Waals surface area contributed by atoms with E-state index in [1.54, 1.807) is 26.2 Å². The summed E-state index contributed by atoms with van der Waals surface area (Å²) in [5, 5.41) is 14.5. The van der Waals surface area contributed by atoms with E-state index >= 15 is 0 Å². The van der Waals surface area contributed by atoms with Crippen molar-refractivity contribution in [3.63, 3.8) is 0 Å².